The predicted molar refractivity (Wildman–Crippen MR) is 50.3 cm³/mol. The summed E-state index contributed by atoms with van der Waals surface area (Å²) in [6.45, 7) is 1.95. The normalized spacial score (nSPS) is 28.2. The number of nitrogens with two attached hydrogens (primary N) is 1. The van der Waals surface area contributed by atoms with Gasteiger partial charge in [0.15, 0.2) is 0 Å². The zero-order valence-corrected chi connectivity index (χ0v) is 7.99. The van der Waals surface area contributed by atoms with E-state index >= 15 is 0 Å². The van der Waals surface area contributed by atoms with Crippen molar-refractivity contribution in [2.75, 3.05) is 0 Å². The van der Waals surface area contributed by atoms with Gasteiger partial charge in [-0.25, -0.2) is 0 Å². The summed E-state index contributed by atoms with van der Waals surface area (Å²) in [4.78, 5) is 0. The third kappa shape index (κ3) is 1.91. The number of aromatic nitrogens is 1. The van der Waals surface area contributed by atoms with E-state index in [1.165, 1.54) is 12.8 Å². The SMILES string of the molecule is Cc1cc(C[C@@H]2CCC[C@@H]2N)on1. The minimum atomic E-state index is 0.366. The molecule has 1 aromatic heterocycles. The van der Waals surface area contributed by atoms with Crippen molar-refractivity contribution in [3.8, 4) is 0 Å². The molecule has 2 N–H and O–H groups in total. The van der Waals surface area contributed by atoms with E-state index in [9.17, 15) is 0 Å². The van der Waals surface area contributed by atoms with Gasteiger partial charge in [-0.05, 0) is 25.7 Å². The van der Waals surface area contributed by atoms with Crippen LogP contribution >= 0.6 is 0 Å². The molecule has 0 amide bonds. The maximum Gasteiger partial charge on any atom is 0.137 e. The molecule has 2 rings (SSSR count). The van der Waals surface area contributed by atoms with Gasteiger partial charge in [0, 0.05) is 18.5 Å². The molecule has 0 bridgehead atoms. The monoisotopic (exact) mass is 180 g/mol. The van der Waals surface area contributed by atoms with Crippen LogP contribution in [0.3, 0.4) is 0 Å². The van der Waals surface area contributed by atoms with Crippen molar-refractivity contribution < 1.29 is 4.52 Å². The van der Waals surface area contributed by atoms with Crippen molar-refractivity contribution in [1.29, 1.82) is 0 Å². The Labute approximate surface area is 78.3 Å². The second-order valence-corrected chi connectivity index (χ2v) is 3.99. The first-order chi connectivity index (χ1) is 6.25. The summed E-state index contributed by atoms with van der Waals surface area (Å²) in [5.41, 5.74) is 6.93. The average Bonchev–Trinajstić information content (AvgIpc) is 2.64. The van der Waals surface area contributed by atoms with E-state index in [1.54, 1.807) is 0 Å². The van der Waals surface area contributed by atoms with Crippen LogP contribution in [0.5, 0.6) is 0 Å². The lowest BCUT2D eigenvalue weighted by Gasteiger charge is -2.12. The van der Waals surface area contributed by atoms with E-state index < -0.39 is 0 Å². The molecular weight excluding hydrogens is 164 g/mol. The standard InChI is InChI=1S/C10H16N2O/c1-7-5-9(13-12-7)6-8-3-2-4-10(8)11/h5,8,10H,2-4,6,11H2,1H3/t8-,10-/m0/s1. The lowest BCUT2D eigenvalue weighted by Crippen LogP contribution is -2.25. The second kappa shape index (κ2) is 3.50. The Kier molecular flexibility index (Phi) is 2.36. The Hall–Kier alpha value is -0.830. The molecule has 0 unspecified atom stereocenters. The molecule has 3 heteroatoms. The van der Waals surface area contributed by atoms with Crippen molar-refractivity contribution in [3.05, 3.63) is 17.5 Å². The number of aryl methyl sites for hydroxylation is 1. The fourth-order valence-electron chi connectivity index (χ4n) is 2.09. The van der Waals surface area contributed by atoms with Crippen LogP contribution in [0.4, 0.5) is 0 Å². The van der Waals surface area contributed by atoms with Gasteiger partial charge in [-0.2, -0.15) is 0 Å². The third-order valence-corrected chi connectivity index (χ3v) is 2.86. The molecule has 0 radical (unpaired) electrons. The van der Waals surface area contributed by atoms with Crippen molar-refractivity contribution >= 4 is 0 Å². The predicted octanol–water partition coefficient (Wildman–Crippen LogP) is 1.65. The van der Waals surface area contributed by atoms with Crippen LogP contribution in [0.2, 0.25) is 0 Å². The largest absolute Gasteiger partial charge is 0.361 e. The van der Waals surface area contributed by atoms with Crippen molar-refractivity contribution in [1.82, 2.24) is 5.16 Å². The third-order valence-electron chi connectivity index (χ3n) is 2.86. The Morgan fingerprint density at radius 3 is 3.00 bits per heavy atom. The maximum absolute atomic E-state index is 5.97. The average molecular weight is 180 g/mol. The molecule has 2 atom stereocenters. The van der Waals surface area contributed by atoms with Crippen LogP contribution in [-0.4, -0.2) is 11.2 Å². The molecule has 13 heavy (non-hydrogen) atoms. The highest BCUT2D eigenvalue weighted by Gasteiger charge is 2.25. The Bertz CT molecular complexity index is 282. The molecule has 0 spiro atoms. The van der Waals surface area contributed by atoms with Gasteiger partial charge in [0.25, 0.3) is 0 Å². The smallest absolute Gasteiger partial charge is 0.137 e. The summed E-state index contributed by atoms with van der Waals surface area (Å²) >= 11 is 0. The van der Waals surface area contributed by atoms with Gasteiger partial charge in [-0.1, -0.05) is 11.6 Å². The van der Waals surface area contributed by atoms with E-state index in [0.717, 1.165) is 24.3 Å². The fraction of sp³-hybridized carbons (Fsp3) is 0.700. The second-order valence-electron chi connectivity index (χ2n) is 3.99. The van der Waals surface area contributed by atoms with Gasteiger partial charge >= 0.3 is 0 Å². The first kappa shape index (κ1) is 8.75. The summed E-state index contributed by atoms with van der Waals surface area (Å²) in [7, 11) is 0. The minimum absolute atomic E-state index is 0.366. The molecule has 1 aromatic rings. The Morgan fingerprint density at radius 2 is 2.46 bits per heavy atom. The number of rotatable bonds is 2. The Balaban J connectivity index is 1.97. The van der Waals surface area contributed by atoms with Crippen LogP contribution < -0.4 is 5.73 Å². The van der Waals surface area contributed by atoms with E-state index in [2.05, 4.69) is 5.16 Å². The van der Waals surface area contributed by atoms with Gasteiger partial charge in [0.05, 0.1) is 5.69 Å². The van der Waals surface area contributed by atoms with Crippen molar-refractivity contribution in [3.63, 3.8) is 0 Å². The molecule has 0 aromatic carbocycles. The van der Waals surface area contributed by atoms with Gasteiger partial charge in [-0.15, -0.1) is 0 Å². The molecule has 0 saturated heterocycles. The minimum Gasteiger partial charge on any atom is -0.361 e. The van der Waals surface area contributed by atoms with E-state index in [-0.39, 0.29) is 0 Å². The highest BCUT2D eigenvalue weighted by Crippen LogP contribution is 2.27. The molecular formula is C10H16N2O. The van der Waals surface area contributed by atoms with E-state index in [4.69, 9.17) is 10.3 Å². The number of nitrogens with zero attached hydrogens (tertiary/aromatic N) is 1. The van der Waals surface area contributed by atoms with Gasteiger partial charge in [0.1, 0.15) is 5.76 Å². The molecule has 1 fully saturated rings. The van der Waals surface area contributed by atoms with Crippen LogP contribution in [-0.2, 0) is 6.42 Å². The van der Waals surface area contributed by atoms with E-state index in [0.29, 0.717) is 12.0 Å². The number of hydrogen-bond acceptors (Lipinski definition) is 3. The lowest BCUT2D eigenvalue weighted by atomic mass is 9.99. The highest BCUT2D eigenvalue weighted by molar-refractivity contribution is 5.05. The summed E-state index contributed by atoms with van der Waals surface area (Å²) in [6, 6.07) is 2.37. The van der Waals surface area contributed by atoms with Crippen LogP contribution in [0.25, 0.3) is 0 Å². The zero-order chi connectivity index (χ0) is 9.26. The molecule has 1 saturated carbocycles. The summed E-state index contributed by atoms with van der Waals surface area (Å²) in [5.74, 6) is 1.59. The van der Waals surface area contributed by atoms with Gasteiger partial charge < -0.3 is 10.3 Å². The fourth-order valence-corrected chi connectivity index (χ4v) is 2.09. The Morgan fingerprint density at radius 1 is 1.62 bits per heavy atom. The maximum atomic E-state index is 5.97. The molecule has 1 aliphatic carbocycles. The van der Waals surface area contributed by atoms with Crippen LogP contribution in [0, 0.1) is 12.8 Å². The van der Waals surface area contributed by atoms with Crippen molar-refractivity contribution in [2.24, 2.45) is 11.7 Å². The molecule has 72 valence electrons. The molecule has 1 aliphatic rings. The highest BCUT2D eigenvalue weighted by atomic mass is 16.5. The summed E-state index contributed by atoms with van der Waals surface area (Å²) in [5, 5.41) is 3.87. The molecule has 0 aliphatic heterocycles. The van der Waals surface area contributed by atoms with Crippen LogP contribution in [0.1, 0.15) is 30.7 Å². The van der Waals surface area contributed by atoms with Gasteiger partial charge in [-0.3, -0.25) is 0 Å². The first-order valence-electron chi connectivity index (χ1n) is 4.93. The topological polar surface area (TPSA) is 52.0 Å². The number of hydrogen-bond donors (Lipinski definition) is 1. The van der Waals surface area contributed by atoms with Crippen LogP contribution in [0.15, 0.2) is 10.6 Å². The van der Waals surface area contributed by atoms with Gasteiger partial charge in [0.2, 0.25) is 0 Å². The van der Waals surface area contributed by atoms with Crippen molar-refractivity contribution in [2.45, 2.75) is 38.6 Å². The molecule has 1 heterocycles. The zero-order valence-electron chi connectivity index (χ0n) is 7.99. The lowest BCUT2D eigenvalue weighted by molar-refractivity contribution is 0.347. The summed E-state index contributed by atoms with van der Waals surface area (Å²) in [6.07, 6.45) is 4.62. The van der Waals surface area contributed by atoms with E-state index in [1.807, 2.05) is 13.0 Å². The quantitative estimate of drug-likeness (QED) is 0.753. The first-order valence-corrected chi connectivity index (χ1v) is 4.93. The summed E-state index contributed by atoms with van der Waals surface area (Å²) < 4.78 is 5.17. The molecule has 3 nitrogen and oxygen atoms in total.